The van der Waals surface area contributed by atoms with Gasteiger partial charge in [-0.15, -0.1) is 0 Å². The summed E-state index contributed by atoms with van der Waals surface area (Å²) in [6.45, 7) is 8.15. The average molecular weight is 247 g/mol. The van der Waals surface area contributed by atoms with E-state index in [2.05, 4.69) is 43.9 Å². The monoisotopic (exact) mass is 247 g/mol. The standard InChI is InChI=1S/C16H25NO/c1-12(2)15-8-4-6-13(3)16(15)17-10-5-7-14(17)9-11-18/h4,6,8,12,14,18H,5,7,9-11H2,1-3H3. The van der Waals surface area contributed by atoms with Crippen LogP contribution < -0.4 is 4.90 Å². The van der Waals surface area contributed by atoms with Crippen molar-refractivity contribution in [3.05, 3.63) is 29.3 Å². The van der Waals surface area contributed by atoms with Crippen LogP contribution in [0, 0.1) is 6.92 Å². The number of hydrogen-bond donors (Lipinski definition) is 1. The maximum atomic E-state index is 9.21. The number of anilines is 1. The fraction of sp³-hybridized carbons (Fsp3) is 0.625. The first-order valence-corrected chi connectivity index (χ1v) is 7.12. The number of rotatable bonds is 4. The molecule has 0 saturated carbocycles. The predicted molar refractivity (Wildman–Crippen MR) is 77.3 cm³/mol. The molecule has 1 aliphatic rings. The van der Waals surface area contributed by atoms with Crippen LogP contribution in [0.4, 0.5) is 5.69 Å². The van der Waals surface area contributed by atoms with E-state index in [0.29, 0.717) is 18.6 Å². The van der Waals surface area contributed by atoms with E-state index in [1.807, 2.05) is 0 Å². The molecule has 0 amide bonds. The lowest BCUT2D eigenvalue weighted by molar-refractivity contribution is 0.275. The van der Waals surface area contributed by atoms with Crippen LogP contribution in [0.3, 0.4) is 0 Å². The lowest BCUT2D eigenvalue weighted by Crippen LogP contribution is -2.31. The van der Waals surface area contributed by atoms with Crippen LogP contribution in [0.5, 0.6) is 0 Å². The molecule has 1 saturated heterocycles. The Balaban J connectivity index is 2.37. The van der Waals surface area contributed by atoms with Crippen molar-refractivity contribution >= 4 is 5.69 Å². The highest BCUT2D eigenvalue weighted by Gasteiger charge is 2.27. The largest absolute Gasteiger partial charge is 0.396 e. The van der Waals surface area contributed by atoms with Gasteiger partial charge < -0.3 is 10.0 Å². The van der Waals surface area contributed by atoms with Gasteiger partial charge in [-0.05, 0) is 43.2 Å². The van der Waals surface area contributed by atoms with Gasteiger partial charge in [0.25, 0.3) is 0 Å². The minimum absolute atomic E-state index is 0.296. The molecule has 0 aromatic heterocycles. The van der Waals surface area contributed by atoms with Crippen LogP contribution in [0.25, 0.3) is 0 Å². The van der Waals surface area contributed by atoms with Gasteiger partial charge in [0.2, 0.25) is 0 Å². The Morgan fingerprint density at radius 3 is 2.83 bits per heavy atom. The first kappa shape index (κ1) is 13.4. The van der Waals surface area contributed by atoms with Gasteiger partial charge in [-0.2, -0.15) is 0 Å². The zero-order chi connectivity index (χ0) is 13.1. The van der Waals surface area contributed by atoms with Crippen LogP contribution in [-0.2, 0) is 0 Å². The van der Waals surface area contributed by atoms with E-state index in [1.54, 1.807) is 0 Å². The van der Waals surface area contributed by atoms with Crippen molar-refractivity contribution in [2.75, 3.05) is 18.1 Å². The van der Waals surface area contributed by atoms with Crippen molar-refractivity contribution < 1.29 is 5.11 Å². The van der Waals surface area contributed by atoms with E-state index in [1.165, 1.54) is 29.7 Å². The van der Waals surface area contributed by atoms with Gasteiger partial charge in [-0.25, -0.2) is 0 Å². The fourth-order valence-corrected chi connectivity index (χ4v) is 3.12. The Hall–Kier alpha value is -1.02. The van der Waals surface area contributed by atoms with Crippen LogP contribution in [-0.4, -0.2) is 24.3 Å². The minimum atomic E-state index is 0.296. The van der Waals surface area contributed by atoms with Crippen molar-refractivity contribution in [2.45, 2.75) is 52.0 Å². The maximum Gasteiger partial charge on any atom is 0.0450 e. The number of hydrogen-bond acceptors (Lipinski definition) is 2. The average Bonchev–Trinajstić information content (AvgIpc) is 2.77. The molecule has 1 atom stereocenters. The van der Waals surface area contributed by atoms with Crippen molar-refractivity contribution in [2.24, 2.45) is 0 Å². The third kappa shape index (κ3) is 2.54. The first-order chi connectivity index (χ1) is 8.65. The molecular weight excluding hydrogens is 222 g/mol. The van der Waals surface area contributed by atoms with Gasteiger partial charge in [0.05, 0.1) is 0 Å². The number of nitrogens with zero attached hydrogens (tertiary/aromatic N) is 1. The van der Waals surface area contributed by atoms with Crippen LogP contribution in [0.2, 0.25) is 0 Å². The summed E-state index contributed by atoms with van der Waals surface area (Å²) in [4.78, 5) is 2.53. The number of aryl methyl sites for hydroxylation is 1. The van der Waals surface area contributed by atoms with Gasteiger partial charge in [0.15, 0.2) is 0 Å². The highest BCUT2D eigenvalue weighted by atomic mass is 16.3. The molecule has 0 bridgehead atoms. The molecule has 1 unspecified atom stereocenters. The molecule has 1 N–H and O–H groups in total. The second-order valence-electron chi connectivity index (χ2n) is 5.67. The van der Waals surface area contributed by atoms with Crippen LogP contribution in [0.15, 0.2) is 18.2 Å². The molecule has 1 aliphatic heterocycles. The molecule has 1 aromatic rings. The lowest BCUT2D eigenvalue weighted by Gasteiger charge is -2.31. The molecule has 0 radical (unpaired) electrons. The van der Waals surface area contributed by atoms with E-state index in [9.17, 15) is 5.11 Å². The van der Waals surface area contributed by atoms with E-state index < -0.39 is 0 Å². The summed E-state index contributed by atoms with van der Waals surface area (Å²) < 4.78 is 0. The third-order valence-electron chi connectivity index (χ3n) is 4.02. The summed E-state index contributed by atoms with van der Waals surface area (Å²) in [6.07, 6.45) is 3.36. The molecule has 0 aliphatic carbocycles. The molecule has 100 valence electrons. The van der Waals surface area contributed by atoms with Gasteiger partial charge >= 0.3 is 0 Å². The van der Waals surface area contributed by atoms with Crippen molar-refractivity contribution in [1.29, 1.82) is 0 Å². The van der Waals surface area contributed by atoms with E-state index in [4.69, 9.17) is 0 Å². The first-order valence-electron chi connectivity index (χ1n) is 7.12. The Morgan fingerprint density at radius 1 is 1.39 bits per heavy atom. The van der Waals surface area contributed by atoms with Crippen LogP contribution in [0.1, 0.15) is 50.2 Å². The van der Waals surface area contributed by atoms with Crippen molar-refractivity contribution in [3.63, 3.8) is 0 Å². The zero-order valence-electron chi connectivity index (χ0n) is 11.8. The minimum Gasteiger partial charge on any atom is -0.396 e. The van der Waals surface area contributed by atoms with E-state index >= 15 is 0 Å². The van der Waals surface area contributed by atoms with Gasteiger partial charge in [-0.3, -0.25) is 0 Å². The lowest BCUT2D eigenvalue weighted by atomic mass is 9.96. The van der Waals surface area contributed by atoms with Crippen LogP contribution >= 0.6 is 0 Å². The number of aliphatic hydroxyl groups excluding tert-OH is 1. The normalized spacial score (nSPS) is 19.8. The van der Waals surface area contributed by atoms with Gasteiger partial charge in [0, 0.05) is 24.9 Å². The van der Waals surface area contributed by atoms with E-state index in [-0.39, 0.29) is 0 Å². The number of para-hydroxylation sites is 1. The molecule has 18 heavy (non-hydrogen) atoms. The second-order valence-corrected chi connectivity index (χ2v) is 5.67. The summed E-state index contributed by atoms with van der Waals surface area (Å²) in [7, 11) is 0. The number of aliphatic hydroxyl groups is 1. The fourth-order valence-electron chi connectivity index (χ4n) is 3.12. The molecule has 0 spiro atoms. The van der Waals surface area contributed by atoms with Crippen molar-refractivity contribution in [3.8, 4) is 0 Å². The van der Waals surface area contributed by atoms with Gasteiger partial charge in [-0.1, -0.05) is 32.0 Å². The summed E-state index contributed by atoms with van der Waals surface area (Å²) in [5, 5.41) is 9.21. The summed E-state index contributed by atoms with van der Waals surface area (Å²) in [6, 6.07) is 7.14. The molecule has 2 rings (SSSR count). The summed E-state index contributed by atoms with van der Waals surface area (Å²) in [5.41, 5.74) is 4.23. The number of benzene rings is 1. The molecule has 1 fully saturated rings. The quantitative estimate of drug-likeness (QED) is 0.880. The molecule has 2 heteroatoms. The highest BCUT2D eigenvalue weighted by molar-refractivity contribution is 5.61. The summed E-state index contributed by atoms with van der Waals surface area (Å²) >= 11 is 0. The Morgan fingerprint density at radius 2 is 2.17 bits per heavy atom. The zero-order valence-corrected chi connectivity index (χ0v) is 11.8. The Labute approximate surface area is 111 Å². The van der Waals surface area contributed by atoms with Gasteiger partial charge in [0.1, 0.15) is 0 Å². The molecule has 2 nitrogen and oxygen atoms in total. The molecule has 1 heterocycles. The SMILES string of the molecule is Cc1cccc(C(C)C)c1N1CCCC1CCO. The third-order valence-corrected chi connectivity index (χ3v) is 4.02. The topological polar surface area (TPSA) is 23.5 Å². The van der Waals surface area contributed by atoms with E-state index in [0.717, 1.165) is 13.0 Å². The Kier molecular flexibility index (Phi) is 4.28. The second kappa shape index (κ2) is 5.75. The molecule has 1 aromatic carbocycles. The smallest absolute Gasteiger partial charge is 0.0450 e. The summed E-state index contributed by atoms with van der Waals surface area (Å²) in [5.74, 6) is 0.551. The Bertz CT molecular complexity index is 400. The maximum absolute atomic E-state index is 9.21. The molecular formula is C16H25NO. The highest BCUT2D eigenvalue weighted by Crippen LogP contribution is 2.36. The van der Waals surface area contributed by atoms with Crippen molar-refractivity contribution in [1.82, 2.24) is 0 Å². The predicted octanol–water partition coefficient (Wildman–Crippen LogP) is 3.47.